The molecule has 1 saturated heterocycles. The predicted octanol–water partition coefficient (Wildman–Crippen LogP) is 4.26. The Balaban J connectivity index is 1.42. The predicted molar refractivity (Wildman–Crippen MR) is 96.5 cm³/mol. The first kappa shape index (κ1) is 15.5. The van der Waals surface area contributed by atoms with Gasteiger partial charge in [-0.2, -0.15) is 5.10 Å². The van der Waals surface area contributed by atoms with Crippen LogP contribution < -0.4 is 4.74 Å². The minimum absolute atomic E-state index is 0.214. The van der Waals surface area contributed by atoms with Crippen molar-refractivity contribution in [3.8, 4) is 5.75 Å². The van der Waals surface area contributed by atoms with Crippen LogP contribution in [-0.2, 0) is 6.54 Å². The molecule has 24 heavy (non-hydrogen) atoms. The Labute approximate surface area is 146 Å². The van der Waals surface area contributed by atoms with Crippen molar-refractivity contribution >= 4 is 22.5 Å². The number of piperidine rings is 1. The van der Waals surface area contributed by atoms with Gasteiger partial charge in [-0.1, -0.05) is 29.8 Å². The van der Waals surface area contributed by atoms with E-state index >= 15 is 0 Å². The van der Waals surface area contributed by atoms with E-state index in [2.05, 4.69) is 21.2 Å². The normalized spacial score (nSPS) is 18.8. The van der Waals surface area contributed by atoms with Crippen molar-refractivity contribution in [3.05, 3.63) is 59.2 Å². The van der Waals surface area contributed by atoms with E-state index in [9.17, 15) is 0 Å². The lowest BCUT2D eigenvalue weighted by Gasteiger charge is -2.33. The molecular weight excluding hydrogens is 322 g/mol. The highest BCUT2D eigenvalue weighted by Crippen LogP contribution is 2.24. The van der Waals surface area contributed by atoms with E-state index in [0.717, 1.165) is 54.2 Å². The van der Waals surface area contributed by atoms with Crippen molar-refractivity contribution in [2.24, 2.45) is 0 Å². The summed E-state index contributed by atoms with van der Waals surface area (Å²) in [5.41, 5.74) is 2.21. The monoisotopic (exact) mass is 341 g/mol. The molecule has 0 saturated carbocycles. The lowest BCUT2D eigenvalue weighted by molar-refractivity contribution is 0.0844. The number of aromatic nitrogens is 2. The average molecular weight is 342 g/mol. The molecule has 0 spiro atoms. The molecule has 1 atom stereocenters. The summed E-state index contributed by atoms with van der Waals surface area (Å²) in [6, 6.07) is 14.1. The van der Waals surface area contributed by atoms with Gasteiger partial charge < -0.3 is 4.74 Å². The number of halogens is 1. The fourth-order valence-electron chi connectivity index (χ4n) is 3.31. The number of hydrogen-bond acceptors (Lipinski definition) is 3. The summed E-state index contributed by atoms with van der Waals surface area (Å²) in [5.74, 6) is 0.911. The molecule has 1 N–H and O–H groups in total. The summed E-state index contributed by atoms with van der Waals surface area (Å²) in [5, 5.41) is 8.94. The Morgan fingerprint density at radius 2 is 2.17 bits per heavy atom. The van der Waals surface area contributed by atoms with Gasteiger partial charge in [0.15, 0.2) is 0 Å². The molecule has 0 aliphatic carbocycles. The third-order valence-corrected chi connectivity index (χ3v) is 4.90. The summed E-state index contributed by atoms with van der Waals surface area (Å²) in [6.07, 6.45) is 4.27. The van der Waals surface area contributed by atoms with Gasteiger partial charge in [0.25, 0.3) is 0 Å². The van der Waals surface area contributed by atoms with Gasteiger partial charge in [0, 0.05) is 23.5 Å². The molecule has 124 valence electrons. The van der Waals surface area contributed by atoms with Crippen LogP contribution in [0.1, 0.15) is 18.4 Å². The van der Waals surface area contributed by atoms with Crippen LogP contribution in [0.4, 0.5) is 0 Å². The van der Waals surface area contributed by atoms with Crippen molar-refractivity contribution in [1.29, 1.82) is 0 Å². The molecule has 5 heteroatoms. The van der Waals surface area contributed by atoms with E-state index in [-0.39, 0.29) is 6.10 Å². The van der Waals surface area contributed by atoms with Gasteiger partial charge in [-0.3, -0.25) is 10.00 Å². The van der Waals surface area contributed by atoms with Crippen LogP contribution in [0.2, 0.25) is 5.02 Å². The highest BCUT2D eigenvalue weighted by molar-refractivity contribution is 6.31. The maximum atomic E-state index is 6.29. The first-order valence-corrected chi connectivity index (χ1v) is 8.71. The summed E-state index contributed by atoms with van der Waals surface area (Å²) in [6.45, 7) is 2.89. The zero-order valence-electron chi connectivity index (χ0n) is 13.4. The number of benzene rings is 2. The maximum Gasteiger partial charge on any atom is 0.120 e. The van der Waals surface area contributed by atoms with Gasteiger partial charge in [-0.15, -0.1) is 0 Å². The fraction of sp³-hybridized carbons (Fsp3) is 0.316. The van der Waals surface area contributed by atoms with Crippen LogP contribution in [0.3, 0.4) is 0 Å². The molecular formula is C19H20ClN3O. The number of likely N-dealkylation sites (tertiary alicyclic amines) is 1. The highest BCUT2D eigenvalue weighted by atomic mass is 35.5. The van der Waals surface area contributed by atoms with Crippen molar-refractivity contribution in [3.63, 3.8) is 0 Å². The third-order valence-electron chi connectivity index (χ3n) is 4.53. The minimum atomic E-state index is 0.214. The number of ether oxygens (including phenoxy) is 1. The first-order chi connectivity index (χ1) is 11.8. The van der Waals surface area contributed by atoms with E-state index < -0.39 is 0 Å². The number of nitrogens with zero attached hydrogens (tertiary/aromatic N) is 2. The molecule has 4 nitrogen and oxygen atoms in total. The SMILES string of the molecule is Clc1ccccc1CN1CCCC(Oc2ccc3[nH]ncc3c2)C1. The van der Waals surface area contributed by atoms with Crippen LogP contribution in [0.15, 0.2) is 48.7 Å². The van der Waals surface area contributed by atoms with Crippen LogP contribution in [0, 0.1) is 0 Å². The molecule has 1 aliphatic heterocycles. The summed E-state index contributed by atoms with van der Waals surface area (Å²) >= 11 is 6.29. The molecule has 2 heterocycles. The van der Waals surface area contributed by atoms with Crippen LogP contribution in [0.5, 0.6) is 5.75 Å². The van der Waals surface area contributed by atoms with Gasteiger partial charge in [-0.05, 0) is 49.2 Å². The Bertz CT molecular complexity index is 832. The third kappa shape index (κ3) is 3.40. The van der Waals surface area contributed by atoms with Crippen LogP contribution >= 0.6 is 11.6 Å². The van der Waals surface area contributed by atoms with Crippen LogP contribution in [0.25, 0.3) is 10.9 Å². The van der Waals surface area contributed by atoms with E-state index in [1.165, 1.54) is 5.56 Å². The lowest BCUT2D eigenvalue weighted by Crippen LogP contribution is -2.40. The number of rotatable bonds is 4. The van der Waals surface area contributed by atoms with Crippen molar-refractivity contribution in [2.45, 2.75) is 25.5 Å². The second kappa shape index (κ2) is 6.83. The number of H-pyrrole nitrogens is 1. The molecule has 2 aromatic carbocycles. The quantitative estimate of drug-likeness (QED) is 0.771. The summed E-state index contributed by atoms with van der Waals surface area (Å²) in [4.78, 5) is 2.42. The molecule has 1 aliphatic rings. The molecule has 1 aromatic heterocycles. The lowest BCUT2D eigenvalue weighted by atomic mass is 10.1. The minimum Gasteiger partial charge on any atom is -0.489 e. The first-order valence-electron chi connectivity index (χ1n) is 8.33. The molecule has 4 rings (SSSR count). The van der Waals surface area contributed by atoms with Gasteiger partial charge in [0.05, 0.1) is 11.7 Å². The highest BCUT2D eigenvalue weighted by Gasteiger charge is 2.22. The largest absolute Gasteiger partial charge is 0.489 e. The standard InChI is InChI=1S/C19H20ClN3O/c20-18-6-2-1-4-14(18)12-23-9-3-5-17(13-23)24-16-7-8-19-15(10-16)11-21-22-19/h1-2,4,6-8,10-11,17H,3,5,9,12-13H2,(H,21,22). The Kier molecular flexibility index (Phi) is 4.41. The second-order valence-corrected chi connectivity index (χ2v) is 6.73. The Hall–Kier alpha value is -2.04. The van der Waals surface area contributed by atoms with Gasteiger partial charge in [0.1, 0.15) is 11.9 Å². The topological polar surface area (TPSA) is 41.1 Å². The van der Waals surface area contributed by atoms with Crippen molar-refractivity contribution in [2.75, 3.05) is 13.1 Å². The van der Waals surface area contributed by atoms with Gasteiger partial charge in [0.2, 0.25) is 0 Å². The van der Waals surface area contributed by atoms with Gasteiger partial charge >= 0.3 is 0 Å². The van der Waals surface area contributed by atoms with E-state index in [4.69, 9.17) is 16.3 Å². The molecule has 0 amide bonds. The molecule has 3 aromatic rings. The Morgan fingerprint density at radius 3 is 3.08 bits per heavy atom. The van der Waals surface area contributed by atoms with Crippen molar-refractivity contribution in [1.82, 2.24) is 15.1 Å². The second-order valence-electron chi connectivity index (χ2n) is 6.33. The summed E-state index contributed by atoms with van der Waals surface area (Å²) in [7, 11) is 0. The molecule has 0 radical (unpaired) electrons. The molecule has 0 bridgehead atoms. The zero-order chi connectivity index (χ0) is 16.4. The fourth-order valence-corrected chi connectivity index (χ4v) is 3.50. The average Bonchev–Trinajstić information content (AvgIpc) is 3.05. The number of fused-ring (bicyclic) bond motifs is 1. The smallest absolute Gasteiger partial charge is 0.120 e. The summed E-state index contributed by atoms with van der Waals surface area (Å²) < 4.78 is 6.21. The van der Waals surface area contributed by atoms with E-state index in [1.54, 1.807) is 0 Å². The Morgan fingerprint density at radius 1 is 1.25 bits per heavy atom. The number of nitrogens with one attached hydrogen (secondary N) is 1. The van der Waals surface area contributed by atoms with Crippen molar-refractivity contribution < 1.29 is 4.74 Å². The maximum absolute atomic E-state index is 6.29. The zero-order valence-corrected chi connectivity index (χ0v) is 14.2. The number of hydrogen-bond donors (Lipinski definition) is 1. The van der Waals surface area contributed by atoms with Crippen LogP contribution in [-0.4, -0.2) is 34.3 Å². The number of aromatic amines is 1. The molecule has 1 unspecified atom stereocenters. The van der Waals surface area contributed by atoms with Gasteiger partial charge in [-0.25, -0.2) is 0 Å². The molecule has 1 fully saturated rings. The van der Waals surface area contributed by atoms with E-state index in [1.807, 2.05) is 42.6 Å². The van der Waals surface area contributed by atoms with E-state index in [0.29, 0.717) is 0 Å².